The van der Waals surface area contributed by atoms with Gasteiger partial charge in [0.1, 0.15) is 0 Å². The fourth-order valence-electron chi connectivity index (χ4n) is 2.16. The summed E-state index contributed by atoms with van der Waals surface area (Å²) in [7, 11) is 0. The van der Waals surface area contributed by atoms with Gasteiger partial charge in [-0.15, -0.1) is 0 Å². The normalized spacial score (nSPS) is 10.5. The number of aryl methyl sites for hydroxylation is 3. The van der Waals surface area contributed by atoms with Gasteiger partial charge < -0.3 is 5.32 Å². The molecule has 0 fully saturated rings. The van der Waals surface area contributed by atoms with E-state index in [1.54, 1.807) is 6.20 Å². The van der Waals surface area contributed by atoms with E-state index in [0.717, 1.165) is 35.3 Å². The van der Waals surface area contributed by atoms with E-state index in [1.807, 2.05) is 13.0 Å². The van der Waals surface area contributed by atoms with E-state index in [0.29, 0.717) is 5.56 Å². The van der Waals surface area contributed by atoms with Gasteiger partial charge in [-0.05, 0) is 30.9 Å². The number of amides is 1. The van der Waals surface area contributed by atoms with E-state index in [4.69, 9.17) is 0 Å². The molecule has 1 heterocycles. The monoisotopic (exact) mass is 257 g/mol. The van der Waals surface area contributed by atoms with Crippen molar-refractivity contribution in [2.75, 3.05) is 5.32 Å². The highest BCUT2D eigenvalue weighted by Gasteiger charge is 2.14. The van der Waals surface area contributed by atoms with Crippen molar-refractivity contribution in [2.24, 2.45) is 0 Å². The molecule has 1 amide bonds. The number of rotatable bonds is 4. The predicted molar refractivity (Wildman–Crippen MR) is 76.5 cm³/mol. The smallest absolute Gasteiger partial charge is 0.259 e. The van der Waals surface area contributed by atoms with Crippen LogP contribution in [0.4, 0.5) is 5.69 Å². The molecule has 0 radical (unpaired) electrons. The Bertz CT molecular complexity index is 565. The molecule has 0 aliphatic heterocycles. The summed E-state index contributed by atoms with van der Waals surface area (Å²) in [6.07, 6.45) is 3.35. The Morgan fingerprint density at radius 2 is 1.89 bits per heavy atom. The molecular weight excluding hydrogens is 238 g/mol. The molecule has 0 spiro atoms. The van der Waals surface area contributed by atoms with E-state index in [9.17, 15) is 4.79 Å². The third kappa shape index (κ3) is 2.67. The van der Waals surface area contributed by atoms with Crippen LogP contribution in [-0.2, 0) is 12.8 Å². The molecule has 1 aromatic carbocycles. The van der Waals surface area contributed by atoms with Gasteiger partial charge in [-0.2, -0.15) is 5.10 Å². The van der Waals surface area contributed by atoms with Crippen LogP contribution < -0.4 is 5.32 Å². The summed E-state index contributed by atoms with van der Waals surface area (Å²) in [5.74, 6) is -0.109. The summed E-state index contributed by atoms with van der Waals surface area (Å²) in [4.78, 5) is 12.3. The summed E-state index contributed by atoms with van der Waals surface area (Å²) in [5.41, 5.74) is 4.64. The highest BCUT2D eigenvalue weighted by Crippen LogP contribution is 2.23. The number of carbonyl (C=O) groups excluding carboxylic acids is 1. The third-order valence-corrected chi connectivity index (χ3v) is 3.31. The molecule has 0 saturated carbocycles. The van der Waals surface area contributed by atoms with Gasteiger partial charge in [-0.25, -0.2) is 0 Å². The molecule has 2 aromatic rings. The Balaban J connectivity index is 2.33. The van der Waals surface area contributed by atoms with Gasteiger partial charge in [-0.3, -0.25) is 9.89 Å². The Morgan fingerprint density at radius 1 is 1.26 bits per heavy atom. The largest absolute Gasteiger partial charge is 0.321 e. The maximum Gasteiger partial charge on any atom is 0.259 e. The van der Waals surface area contributed by atoms with Crippen LogP contribution in [0.1, 0.15) is 41.0 Å². The van der Waals surface area contributed by atoms with Crippen molar-refractivity contribution in [1.29, 1.82) is 0 Å². The van der Waals surface area contributed by atoms with Crippen molar-refractivity contribution in [3.8, 4) is 0 Å². The lowest BCUT2D eigenvalue weighted by Gasteiger charge is -2.14. The average Bonchev–Trinajstić information content (AvgIpc) is 2.85. The van der Waals surface area contributed by atoms with Crippen molar-refractivity contribution < 1.29 is 4.79 Å². The fraction of sp³-hybridized carbons (Fsp3) is 0.333. The number of H-pyrrole nitrogens is 1. The number of benzene rings is 1. The number of anilines is 1. The predicted octanol–water partition coefficient (Wildman–Crippen LogP) is 3.10. The Hall–Kier alpha value is -2.10. The molecular formula is C15H19N3O. The molecule has 0 atom stereocenters. The molecule has 19 heavy (non-hydrogen) atoms. The minimum absolute atomic E-state index is 0.109. The van der Waals surface area contributed by atoms with Crippen LogP contribution in [0.15, 0.2) is 24.4 Å². The van der Waals surface area contributed by atoms with Crippen LogP contribution in [0.3, 0.4) is 0 Å². The van der Waals surface area contributed by atoms with Crippen LogP contribution in [0.5, 0.6) is 0 Å². The Morgan fingerprint density at radius 3 is 2.37 bits per heavy atom. The Kier molecular flexibility index (Phi) is 4.00. The number of aromatic amines is 1. The molecule has 0 unspecified atom stereocenters. The van der Waals surface area contributed by atoms with Gasteiger partial charge in [-0.1, -0.05) is 32.0 Å². The first-order chi connectivity index (χ1) is 9.17. The van der Waals surface area contributed by atoms with E-state index < -0.39 is 0 Å². The first-order valence-electron chi connectivity index (χ1n) is 6.59. The number of aromatic nitrogens is 2. The van der Waals surface area contributed by atoms with Crippen LogP contribution in [0.25, 0.3) is 0 Å². The number of hydrogen-bond donors (Lipinski definition) is 2. The fourth-order valence-corrected chi connectivity index (χ4v) is 2.16. The summed E-state index contributed by atoms with van der Waals surface area (Å²) in [6.45, 7) is 6.02. The molecule has 0 bridgehead atoms. The summed E-state index contributed by atoms with van der Waals surface area (Å²) >= 11 is 0. The lowest BCUT2D eigenvalue weighted by Crippen LogP contribution is -2.15. The van der Waals surface area contributed by atoms with E-state index >= 15 is 0 Å². The first-order valence-corrected chi connectivity index (χ1v) is 6.59. The van der Waals surface area contributed by atoms with Crippen LogP contribution >= 0.6 is 0 Å². The maximum absolute atomic E-state index is 12.3. The minimum Gasteiger partial charge on any atom is -0.321 e. The quantitative estimate of drug-likeness (QED) is 0.884. The summed E-state index contributed by atoms with van der Waals surface area (Å²) in [6, 6.07) is 6.14. The lowest BCUT2D eigenvalue weighted by atomic mass is 10.0. The minimum atomic E-state index is -0.109. The Labute approximate surface area is 113 Å². The number of para-hydroxylation sites is 1. The van der Waals surface area contributed by atoms with E-state index in [-0.39, 0.29) is 5.91 Å². The molecule has 100 valence electrons. The number of hydrogen-bond acceptors (Lipinski definition) is 2. The first kappa shape index (κ1) is 13.3. The highest BCUT2D eigenvalue weighted by atomic mass is 16.1. The van der Waals surface area contributed by atoms with Crippen LogP contribution in [0.2, 0.25) is 0 Å². The molecule has 0 aliphatic rings. The zero-order chi connectivity index (χ0) is 13.8. The van der Waals surface area contributed by atoms with Crippen molar-refractivity contribution in [3.05, 3.63) is 46.8 Å². The second-order valence-corrected chi connectivity index (χ2v) is 4.52. The van der Waals surface area contributed by atoms with Gasteiger partial charge in [0.15, 0.2) is 0 Å². The van der Waals surface area contributed by atoms with Crippen LogP contribution in [0, 0.1) is 6.92 Å². The number of carbonyl (C=O) groups is 1. The van der Waals surface area contributed by atoms with Gasteiger partial charge in [0.2, 0.25) is 0 Å². The standard InChI is InChI=1S/C15H19N3O/c1-4-11-7-6-8-12(5-2)14(11)17-15(19)13-9-16-18-10(13)3/h6-9H,4-5H2,1-3H3,(H,16,18)(H,17,19). The molecule has 4 nitrogen and oxygen atoms in total. The second kappa shape index (κ2) is 5.69. The SMILES string of the molecule is CCc1cccc(CC)c1NC(=O)c1cn[nH]c1C. The average molecular weight is 257 g/mol. The van der Waals surface area contributed by atoms with E-state index in [1.165, 1.54) is 0 Å². The third-order valence-electron chi connectivity index (χ3n) is 3.31. The van der Waals surface area contributed by atoms with Gasteiger partial charge in [0.05, 0.1) is 11.8 Å². The molecule has 0 aliphatic carbocycles. The zero-order valence-corrected chi connectivity index (χ0v) is 11.6. The second-order valence-electron chi connectivity index (χ2n) is 4.52. The molecule has 1 aromatic heterocycles. The lowest BCUT2D eigenvalue weighted by molar-refractivity contribution is 0.102. The van der Waals surface area contributed by atoms with Gasteiger partial charge in [0.25, 0.3) is 5.91 Å². The highest BCUT2D eigenvalue weighted by molar-refractivity contribution is 6.05. The topological polar surface area (TPSA) is 57.8 Å². The number of nitrogens with one attached hydrogen (secondary N) is 2. The molecule has 2 N–H and O–H groups in total. The molecule has 0 saturated heterocycles. The maximum atomic E-state index is 12.3. The van der Waals surface area contributed by atoms with E-state index in [2.05, 4.69) is 41.5 Å². The van der Waals surface area contributed by atoms with Crippen molar-refractivity contribution in [1.82, 2.24) is 10.2 Å². The summed E-state index contributed by atoms with van der Waals surface area (Å²) < 4.78 is 0. The van der Waals surface area contributed by atoms with Crippen molar-refractivity contribution >= 4 is 11.6 Å². The summed E-state index contributed by atoms with van der Waals surface area (Å²) in [5, 5.41) is 9.69. The van der Waals surface area contributed by atoms with Gasteiger partial charge >= 0.3 is 0 Å². The van der Waals surface area contributed by atoms with Crippen molar-refractivity contribution in [3.63, 3.8) is 0 Å². The molecule has 2 rings (SSSR count). The van der Waals surface area contributed by atoms with Crippen molar-refractivity contribution in [2.45, 2.75) is 33.6 Å². The van der Waals surface area contributed by atoms with Gasteiger partial charge in [0, 0.05) is 11.4 Å². The number of nitrogens with zero attached hydrogens (tertiary/aromatic N) is 1. The zero-order valence-electron chi connectivity index (χ0n) is 11.6. The molecule has 4 heteroatoms. The van der Waals surface area contributed by atoms with Crippen LogP contribution in [-0.4, -0.2) is 16.1 Å².